The molecule has 1 amide bonds. The maximum Gasteiger partial charge on any atom is 0.418 e. The molecule has 0 saturated carbocycles. The number of halogens is 3. The molecule has 6 nitrogen and oxygen atoms in total. The molecular weight excluding hydrogens is 303 g/mol. The van der Waals surface area contributed by atoms with E-state index < -0.39 is 40.7 Å². The standard InChI is InChI=1S/C13H8F3N3O3/c14-13(15,16)7-3-1-2-4-8(7)19-11(20)9-10(12(21)22)18-6-5-17-9/h1-6H,(H,19,20)(H,21,22). The minimum absolute atomic E-state index is 0.498. The number of carboxylic acid groups (broad SMARTS) is 1. The Kier molecular flexibility index (Phi) is 4.06. The predicted octanol–water partition coefficient (Wildman–Crippen LogP) is 2.45. The van der Waals surface area contributed by atoms with E-state index in [1.165, 1.54) is 12.1 Å². The quantitative estimate of drug-likeness (QED) is 0.908. The van der Waals surface area contributed by atoms with Crippen LogP contribution in [0.3, 0.4) is 0 Å². The maximum atomic E-state index is 12.8. The van der Waals surface area contributed by atoms with Crippen LogP contribution in [-0.2, 0) is 6.18 Å². The molecule has 22 heavy (non-hydrogen) atoms. The largest absolute Gasteiger partial charge is 0.476 e. The molecule has 0 fully saturated rings. The summed E-state index contributed by atoms with van der Waals surface area (Å²) >= 11 is 0. The third-order valence-corrected chi connectivity index (χ3v) is 2.60. The minimum Gasteiger partial charge on any atom is -0.476 e. The Labute approximate surface area is 121 Å². The van der Waals surface area contributed by atoms with Gasteiger partial charge >= 0.3 is 12.1 Å². The number of carboxylic acids is 1. The molecule has 0 unspecified atom stereocenters. The Bertz CT molecular complexity index is 732. The minimum atomic E-state index is -4.66. The van der Waals surface area contributed by atoms with E-state index in [4.69, 9.17) is 5.11 Å². The van der Waals surface area contributed by atoms with Gasteiger partial charge in [-0.25, -0.2) is 14.8 Å². The second kappa shape index (κ2) is 5.80. The Morgan fingerprint density at radius 1 is 1.05 bits per heavy atom. The molecule has 1 aromatic heterocycles. The number of aromatic carboxylic acids is 1. The van der Waals surface area contributed by atoms with Crippen molar-refractivity contribution in [2.24, 2.45) is 0 Å². The molecule has 0 aliphatic carbocycles. The second-order valence-corrected chi connectivity index (χ2v) is 4.06. The summed E-state index contributed by atoms with van der Waals surface area (Å²) in [7, 11) is 0. The van der Waals surface area contributed by atoms with Crippen molar-refractivity contribution in [3.63, 3.8) is 0 Å². The molecule has 0 atom stereocenters. The van der Waals surface area contributed by atoms with Crippen LogP contribution in [0.15, 0.2) is 36.7 Å². The molecule has 2 aromatic rings. The number of carbonyl (C=O) groups excluding carboxylic acids is 1. The highest BCUT2D eigenvalue weighted by atomic mass is 19.4. The van der Waals surface area contributed by atoms with Gasteiger partial charge in [-0.2, -0.15) is 13.2 Å². The maximum absolute atomic E-state index is 12.8. The first-order valence-corrected chi connectivity index (χ1v) is 5.82. The number of nitrogens with zero attached hydrogens (tertiary/aromatic N) is 2. The molecule has 2 rings (SSSR count). The summed E-state index contributed by atoms with van der Waals surface area (Å²) in [4.78, 5) is 29.9. The number of benzene rings is 1. The van der Waals surface area contributed by atoms with E-state index in [1.54, 1.807) is 0 Å². The van der Waals surface area contributed by atoms with E-state index in [-0.39, 0.29) is 0 Å². The van der Waals surface area contributed by atoms with E-state index in [0.717, 1.165) is 24.5 Å². The number of para-hydroxylation sites is 1. The zero-order chi connectivity index (χ0) is 16.3. The molecule has 0 aliphatic heterocycles. The first-order chi connectivity index (χ1) is 10.3. The zero-order valence-electron chi connectivity index (χ0n) is 10.8. The van der Waals surface area contributed by atoms with Crippen molar-refractivity contribution < 1.29 is 27.9 Å². The van der Waals surface area contributed by atoms with Crippen LogP contribution < -0.4 is 5.32 Å². The number of aromatic nitrogens is 2. The summed E-state index contributed by atoms with van der Waals surface area (Å²) in [6.07, 6.45) is -2.54. The normalized spacial score (nSPS) is 11.0. The van der Waals surface area contributed by atoms with E-state index in [1.807, 2.05) is 5.32 Å². The van der Waals surface area contributed by atoms with Crippen LogP contribution in [0.4, 0.5) is 18.9 Å². The SMILES string of the molecule is O=C(O)c1nccnc1C(=O)Nc1ccccc1C(F)(F)F. The lowest BCUT2D eigenvalue weighted by atomic mass is 10.1. The third kappa shape index (κ3) is 3.19. The van der Waals surface area contributed by atoms with Gasteiger partial charge in [0.25, 0.3) is 5.91 Å². The Morgan fingerprint density at radius 2 is 1.64 bits per heavy atom. The van der Waals surface area contributed by atoms with Crippen molar-refractivity contribution in [2.75, 3.05) is 5.32 Å². The van der Waals surface area contributed by atoms with Gasteiger partial charge in [-0.15, -0.1) is 0 Å². The van der Waals surface area contributed by atoms with Gasteiger partial charge in [0.15, 0.2) is 11.4 Å². The average Bonchev–Trinajstić information content (AvgIpc) is 2.46. The average molecular weight is 311 g/mol. The summed E-state index contributed by atoms with van der Waals surface area (Å²) in [6.45, 7) is 0. The summed E-state index contributed by atoms with van der Waals surface area (Å²) in [5, 5.41) is 10.9. The summed E-state index contributed by atoms with van der Waals surface area (Å²) in [5.41, 5.74) is -2.78. The van der Waals surface area contributed by atoms with Gasteiger partial charge < -0.3 is 10.4 Å². The van der Waals surface area contributed by atoms with Gasteiger partial charge in [-0.1, -0.05) is 12.1 Å². The molecule has 2 N–H and O–H groups in total. The Morgan fingerprint density at radius 3 is 2.23 bits per heavy atom. The monoisotopic (exact) mass is 311 g/mol. The number of anilines is 1. The molecule has 0 spiro atoms. The van der Waals surface area contributed by atoms with Gasteiger partial charge in [0.2, 0.25) is 0 Å². The van der Waals surface area contributed by atoms with Crippen LogP contribution in [0, 0.1) is 0 Å². The van der Waals surface area contributed by atoms with Gasteiger partial charge in [-0.3, -0.25) is 4.79 Å². The molecule has 0 saturated heterocycles. The van der Waals surface area contributed by atoms with E-state index in [0.29, 0.717) is 0 Å². The van der Waals surface area contributed by atoms with Crippen molar-refractivity contribution >= 4 is 17.6 Å². The molecule has 0 radical (unpaired) electrons. The number of alkyl halides is 3. The highest BCUT2D eigenvalue weighted by Crippen LogP contribution is 2.34. The highest BCUT2D eigenvalue weighted by Gasteiger charge is 2.34. The Hall–Kier alpha value is -2.97. The lowest BCUT2D eigenvalue weighted by Gasteiger charge is -2.13. The summed E-state index contributed by atoms with van der Waals surface area (Å²) in [5.74, 6) is -2.61. The lowest BCUT2D eigenvalue weighted by Crippen LogP contribution is -2.21. The fraction of sp³-hybridized carbons (Fsp3) is 0.0769. The lowest BCUT2D eigenvalue weighted by molar-refractivity contribution is -0.136. The number of rotatable bonds is 3. The van der Waals surface area contributed by atoms with Gasteiger partial charge in [0, 0.05) is 12.4 Å². The summed E-state index contributed by atoms with van der Waals surface area (Å²) < 4.78 is 38.5. The molecule has 0 aliphatic rings. The van der Waals surface area contributed by atoms with E-state index >= 15 is 0 Å². The molecule has 1 heterocycles. The van der Waals surface area contributed by atoms with Crippen LogP contribution in [-0.4, -0.2) is 27.0 Å². The van der Waals surface area contributed by atoms with Crippen LogP contribution in [0.25, 0.3) is 0 Å². The van der Waals surface area contributed by atoms with Gasteiger partial charge in [0.05, 0.1) is 11.3 Å². The van der Waals surface area contributed by atoms with E-state index in [9.17, 15) is 22.8 Å². The molecule has 1 aromatic carbocycles. The van der Waals surface area contributed by atoms with Crippen molar-refractivity contribution in [1.29, 1.82) is 0 Å². The number of hydrogen-bond donors (Lipinski definition) is 2. The number of nitrogens with one attached hydrogen (secondary N) is 1. The number of hydrogen-bond acceptors (Lipinski definition) is 4. The van der Waals surface area contributed by atoms with Gasteiger partial charge in [0.1, 0.15) is 0 Å². The summed E-state index contributed by atoms with van der Waals surface area (Å²) in [6, 6.07) is 4.32. The molecule has 114 valence electrons. The van der Waals surface area contributed by atoms with Crippen LogP contribution in [0.1, 0.15) is 26.5 Å². The highest BCUT2D eigenvalue weighted by molar-refractivity contribution is 6.08. The van der Waals surface area contributed by atoms with Crippen LogP contribution >= 0.6 is 0 Å². The first-order valence-electron chi connectivity index (χ1n) is 5.82. The fourth-order valence-corrected chi connectivity index (χ4v) is 1.68. The molecule has 0 bridgehead atoms. The van der Waals surface area contributed by atoms with E-state index in [2.05, 4.69) is 9.97 Å². The second-order valence-electron chi connectivity index (χ2n) is 4.06. The van der Waals surface area contributed by atoms with Crippen molar-refractivity contribution in [3.05, 3.63) is 53.6 Å². The number of amides is 1. The smallest absolute Gasteiger partial charge is 0.418 e. The molecule has 9 heteroatoms. The van der Waals surface area contributed by atoms with Crippen molar-refractivity contribution in [2.45, 2.75) is 6.18 Å². The first kappa shape index (κ1) is 15.4. The fourth-order valence-electron chi connectivity index (χ4n) is 1.68. The Balaban J connectivity index is 2.37. The number of carbonyl (C=O) groups is 2. The van der Waals surface area contributed by atoms with Gasteiger partial charge in [-0.05, 0) is 12.1 Å². The van der Waals surface area contributed by atoms with Crippen molar-refractivity contribution in [3.8, 4) is 0 Å². The third-order valence-electron chi connectivity index (χ3n) is 2.60. The topological polar surface area (TPSA) is 92.2 Å². The van der Waals surface area contributed by atoms with Crippen molar-refractivity contribution in [1.82, 2.24) is 9.97 Å². The van der Waals surface area contributed by atoms with Crippen LogP contribution in [0.2, 0.25) is 0 Å². The predicted molar refractivity (Wildman–Crippen MR) is 68.4 cm³/mol. The van der Waals surface area contributed by atoms with Crippen LogP contribution in [0.5, 0.6) is 0 Å². The zero-order valence-corrected chi connectivity index (χ0v) is 10.8. The molecular formula is C13H8F3N3O3.